The second-order valence-corrected chi connectivity index (χ2v) is 5.83. The molecule has 146 valence electrons. The van der Waals surface area contributed by atoms with Crippen LogP contribution in [0.4, 0.5) is 5.69 Å². The summed E-state index contributed by atoms with van der Waals surface area (Å²) in [4.78, 5) is 28.0. The van der Waals surface area contributed by atoms with Gasteiger partial charge in [0.1, 0.15) is 22.9 Å². The third-order valence-corrected chi connectivity index (χ3v) is 4.25. The summed E-state index contributed by atoms with van der Waals surface area (Å²) in [7, 11) is 5.81. The molecule has 8 nitrogen and oxygen atoms in total. The zero-order valence-corrected chi connectivity index (χ0v) is 15.9. The summed E-state index contributed by atoms with van der Waals surface area (Å²) in [6.45, 7) is 0. The Balaban J connectivity index is 2.05. The molecule has 0 radical (unpaired) electrons. The molecule has 1 heterocycles. The van der Waals surface area contributed by atoms with Gasteiger partial charge in [-0.1, -0.05) is 0 Å². The lowest BCUT2D eigenvalue weighted by molar-refractivity contribution is 0.0596. The number of carbonyl (C=O) groups is 2. The molecule has 0 aliphatic carbocycles. The number of amides is 1. The molecule has 0 atom stereocenters. The Hall–Kier alpha value is -3.68. The highest BCUT2D eigenvalue weighted by Crippen LogP contribution is 2.32. The Morgan fingerprint density at radius 2 is 1.50 bits per heavy atom. The molecule has 0 unspecified atom stereocenters. The molecule has 0 aliphatic heterocycles. The van der Waals surface area contributed by atoms with Crippen LogP contribution in [-0.2, 0) is 4.74 Å². The van der Waals surface area contributed by atoms with Crippen LogP contribution < -0.4 is 19.5 Å². The van der Waals surface area contributed by atoms with Gasteiger partial charge in [-0.25, -0.2) is 4.79 Å². The van der Waals surface area contributed by atoms with Crippen LogP contribution >= 0.6 is 0 Å². The standard InChI is InChI=1S/C20H20N2O6/c1-25-12-5-6-15-16(10-12)21-18(20(24)28-4)17(15)22-19(23)11-7-13(26-2)9-14(8-11)27-3/h5-10,21H,1-4H3,(H,22,23). The van der Waals surface area contributed by atoms with Crippen LogP contribution in [0, 0.1) is 0 Å². The minimum atomic E-state index is -0.603. The summed E-state index contributed by atoms with van der Waals surface area (Å²) < 4.78 is 20.4. The number of methoxy groups -OCH3 is 4. The first kappa shape index (κ1) is 19.1. The number of nitrogens with one attached hydrogen (secondary N) is 2. The Morgan fingerprint density at radius 1 is 0.857 bits per heavy atom. The number of hydrogen-bond donors (Lipinski definition) is 2. The van der Waals surface area contributed by atoms with E-state index >= 15 is 0 Å². The summed E-state index contributed by atoms with van der Waals surface area (Å²) in [5, 5.41) is 3.43. The number of aromatic nitrogens is 1. The molecule has 8 heteroatoms. The number of H-pyrrole nitrogens is 1. The van der Waals surface area contributed by atoms with Gasteiger partial charge in [-0.15, -0.1) is 0 Å². The number of esters is 1. The zero-order chi connectivity index (χ0) is 20.3. The Bertz CT molecular complexity index is 1020. The van der Waals surface area contributed by atoms with E-state index in [1.165, 1.54) is 21.3 Å². The average Bonchev–Trinajstić information content (AvgIpc) is 3.09. The van der Waals surface area contributed by atoms with Crippen molar-refractivity contribution in [3.8, 4) is 17.2 Å². The number of hydrogen-bond acceptors (Lipinski definition) is 6. The Labute approximate surface area is 161 Å². The molecule has 28 heavy (non-hydrogen) atoms. The number of aromatic amines is 1. The maximum atomic E-state index is 12.9. The van der Waals surface area contributed by atoms with Gasteiger partial charge in [0.25, 0.3) is 5.91 Å². The summed E-state index contributed by atoms with van der Waals surface area (Å²) in [5.41, 5.74) is 1.39. The Morgan fingerprint density at radius 3 is 2.07 bits per heavy atom. The van der Waals surface area contributed by atoms with Gasteiger partial charge in [-0.05, 0) is 24.3 Å². The molecule has 3 aromatic rings. The van der Waals surface area contributed by atoms with Gasteiger partial charge >= 0.3 is 5.97 Å². The van der Waals surface area contributed by atoms with Crippen LogP contribution in [0.15, 0.2) is 36.4 Å². The zero-order valence-electron chi connectivity index (χ0n) is 15.9. The number of benzene rings is 2. The first-order chi connectivity index (χ1) is 13.5. The van der Waals surface area contributed by atoms with Gasteiger partial charge in [-0.3, -0.25) is 4.79 Å². The normalized spacial score (nSPS) is 10.4. The van der Waals surface area contributed by atoms with E-state index in [1.807, 2.05) is 0 Å². The van der Waals surface area contributed by atoms with Crippen LogP contribution in [0.25, 0.3) is 10.9 Å². The van der Waals surface area contributed by atoms with Gasteiger partial charge in [0, 0.05) is 23.1 Å². The van der Waals surface area contributed by atoms with Crippen LogP contribution in [0.2, 0.25) is 0 Å². The van der Waals surface area contributed by atoms with E-state index in [9.17, 15) is 9.59 Å². The number of fused-ring (bicyclic) bond motifs is 1. The number of rotatable bonds is 6. The quantitative estimate of drug-likeness (QED) is 0.633. The number of anilines is 1. The van der Waals surface area contributed by atoms with E-state index in [0.29, 0.717) is 39.4 Å². The van der Waals surface area contributed by atoms with E-state index < -0.39 is 11.9 Å². The second-order valence-electron chi connectivity index (χ2n) is 5.83. The predicted molar refractivity (Wildman–Crippen MR) is 104 cm³/mol. The van der Waals surface area contributed by atoms with Gasteiger partial charge in [0.05, 0.1) is 39.6 Å². The fourth-order valence-electron chi connectivity index (χ4n) is 2.81. The van der Waals surface area contributed by atoms with E-state index in [-0.39, 0.29) is 5.69 Å². The van der Waals surface area contributed by atoms with E-state index in [2.05, 4.69) is 10.3 Å². The number of ether oxygens (including phenoxy) is 4. The summed E-state index contributed by atoms with van der Waals surface area (Å²) >= 11 is 0. The van der Waals surface area contributed by atoms with Crippen molar-refractivity contribution < 1.29 is 28.5 Å². The number of carbonyl (C=O) groups excluding carboxylic acids is 2. The molecule has 0 saturated carbocycles. The van der Waals surface area contributed by atoms with Gasteiger partial charge < -0.3 is 29.2 Å². The lowest BCUT2D eigenvalue weighted by Gasteiger charge is -2.10. The first-order valence-corrected chi connectivity index (χ1v) is 8.33. The molecule has 0 spiro atoms. The molecule has 2 N–H and O–H groups in total. The van der Waals surface area contributed by atoms with Crippen molar-refractivity contribution in [2.75, 3.05) is 33.8 Å². The maximum absolute atomic E-state index is 12.9. The fourth-order valence-corrected chi connectivity index (χ4v) is 2.81. The van der Waals surface area contributed by atoms with E-state index in [4.69, 9.17) is 18.9 Å². The molecule has 0 fully saturated rings. The van der Waals surface area contributed by atoms with Gasteiger partial charge in [-0.2, -0.15) is 0 Å². The smallest absolute Gasteiger partial charge is 0.356 e. The fraction of sp³-hybridized carbons (Fsp3) is 0.200. The monoisotopic (exact) mass is 384 g/mol. The first-order valence-electron chi connectivity index (χ1n) is 8.33. The van der Waals surface area contributed by atoms with Crippen LogP contribution in [0.5, 0.6) is 17.2 Å². The highest BCUT2D eigenvalue weighted by Gasteiger charge is 2.21. The minimum absolute atomic E-state index is 0.133. The minimum Gasteiger partial charge on any atom is -0.497 e. The molecule has 0 saturated heterocycles. The van der Waals surface area contributed by atoms with E-state index in [1.54, 1.807) is 43.5 Å². The molecule has 2 aromatic carbocycles. The summed E-state index contributed by atoms with van der Waals surface area (Å²) in [6.07, 6.45) is 0. The third kappa shape index (κ3) is 3.57. The van der Waals surface area contributed by atoms with Crippen molar-refractivity contribution in [2.45, 2.75) is 0 Å². The topological polar surface area (TPSA) is 98.9 Å². The summed E-state index contributed by atoms with van der Waals surface area (Å²) in [5.74, 6) is 0.524. The van der Waals surface area contributed by atoms with Crippen LogP contribution in [0.3, 0.4) is 0 Å². The lowest BCUT2D eigenvalue weighted by Crippen LogP contribution is -2.15. The van der Waals surface area contributed by atoms with Crippen molar-refractivity contribution in [1.29, 1.82) is 0 Å². The highest BCUT2D eigenvalue weighted by atomic mass is 16.5. The van der Waals surface area contributed by atoms with Crippen molar-refractivity contribution in [2.24, 2.45) is 0 Å². The highest BCUT2D eigenvalue weighted by molar-refractivity contribution is 6.14. The molecular weight excluding hydrogens is 364 g/mol. The molecule has 3 rings (SSSR count). The molecule has 1 amide bonds. The predicted octanol–water partition coefficient (Wildman–Crippen LogP) is 3.23. The lowest BCUT2D eigenvalue weighted by atomic mass is 10.1. The van der Waals surface area contributed by atoms with Gasteiger partial charge in [0.2, 0.25) is 0 Å². The average molecular weight is 384 g/mol. The summed E-state index contributed by atoms with van der Waals surface area (Å²) in [6, 6.07) is 10.0. The second kappa shape index (κ2) is 7.91. The van der Waals surface area contributed by atoms with E-state index in [0.717, 1.165) is 0 Å². The van der Waals surface area contributed by atoms with Crippen molar-refractivity contribution >= 4 is 28.5 Å². The molecular formula is C20H20N2O6. The van der Waals surface area contributed by atoms with Crippen LogP contribution in [0.1, 0.15) is 20.8 Å². The SMILES string of the molecule is COC(=O)c1[nH]c2cc(OC)ccc2c1NC(=O)c1cc(OC)cc(OC)c1. The van der Waals surface area contributed by atoms with Crippen LogP contribution in [-0.4, -0.2) is 45.3 Å². The maximum Gasteiger partial charge on any atom is 0.356 e. The third-order valence-electron chi connectivity index (χ3n) is 4.25. The largest absolute Gasteiger partial charge is 0.497 e. The molecule has 0 bridgehead atoms. The van der Waals surface area contributed by atoms with Gasteiger partial charge in [0.15, 0.2) is 0 Å². The van der Waals surface area contributed by atoms with Crippen molar-refractivity contribution in [3.63, 3.8) is 0 Å². The molecule has 0 aliphatic rings. The van der Waals surface area contributed by atoms with Crippen molar-refractivity contribution in [3.05, 3.63) is 47.7 Å². The van der Waals surface area contributed by atoms with Crippen molar-refractivity contribution in [1.82, 2.24) is 4.98 Å². The Kier molecular flexibility index (Phi) is 5.39. The molecule has 1 aromatic heterocycles.